The number of rotatable bonds is 6. The molecule has 0 radical (unpaired) electrons. The fraction of sp³-hybridized carbons (Fsp3) is 0.727. The molecule has 0 aliphatic rings. The minimum Gasteiger partial charge on any atom is -0.333 e. The Morgan fingerprint density at radius 3 is 2.53 bits per heavy atom. The molecule has 1 heterocycles. The van der Waals surface area contributed by atoms with Gasteiger partial charge in [-0.2, -0.15) is 0 Å². The van der Waals surface area contributed by atoms with E-state index in [2.05, 4.69) is 9.71 Å². The van der Waals surface area contributed by atoms with Crippen molar-refractivity contribution in [3.8, 4) is 0 Å². The van der Waals surface area contributed by atoms with Crippen LogP contribution in [0, 0.1) is 19.8 Å². The normalized spacial score (nSPS) is 12.3. The largest absolute Gasteiger partial charge is 0.333 e. The van der Waals surface area contributed by atoms with Crippen LogP contribution in [0.1, 0.15) is 25.2 Å². The Balaban J connectivity index is 2.46. The summed E-state index contributed by atoms with van der Waals surface area (Å²) in [6.45, 7) is 8.72. The van der Waals surface area contributed by atoms with Gasteiger partial charge in [0.05, 0.1) is 17.8 Å². The molecule has 1 N–H and O–H groups in total. The summed E-state index contributed by atoms with van der Waals surface area (Å²) in [6, 6.07) is 0. The van der Waals surface area contributed by atoms with Crippen molar-refractivity contribution < 1.29 is 8.42 Å². The maximum Gasteiger partial charge on any atom is 0.211 e. The molecule has 17 heavy (non-hydrogen) atoms. The minimum atomic E-state index is -3.14. The molecule has 0 atom stereocenters. The molecule has 1 rings (SSSR count). The molecule has 0 unspecified atom stereocenters. The fourth-order valence-corrected chi connectivity index (χ4v) is 2.99. The first-order valence-electron chi connectivity index (χ1n) is 5.77. The number of nitrogens with zero attached hydrogens (tertiary/aromatic N) is 2. The third kappa shape index (κ3) is 4.47. The van der Waals surface area contributed by atoms with Gasteiger partial charge in [-0.15, -0.1) is 0 Å². The van der Waals surface area contributed by atoms with Gasteiger partial charge in [-0.05, 0) is 19.8 Å². The average Bonchev–Trinajstić information content (AvgIpc) is 2.47. The molecule has 0 amide bonds. The van der Waals surface area contributed by atoms with Gasteiger partial charge in [0.25, 0.3) is 0 Å². The highest BCUT2D eigenvalue weighted by Gasteiger charge is 2.12. The maximum atomic E-state index is 11.6. The van der Waals surface area contributed by atoms with Gasteiger partial charge in [0.1, 0.15) is 0 Å². The number of hydrogen-bond donors (Lipinski definition) is 1. The first kappa shape index (κ1) is 14.2. The van der Waals surface area contributed by atoms with Crippen molar-refractivity contribution in [1.82, 2.24) is 14.3 Å². The van der Waals surface area contributed by atoms with Crippen molar-refractivity contribution in [2.75, 3.05) is 12.3 Å². The number of sulfonamides is 1. The van der Waals surface area contributed by atoms with Crippen LogP contribution in [0.15, 0.2) is 6.33 Å². The molecule has 0 fully saturated rings. The van der Waals surface area contributed by atoms with Crippen LogP contribution in [-0.4, -0.2) is 30.3 Å². The predicted molar refractivity (Wildman–Crippen MR) is 68.3 cm³/mol. The number of imidazole rings is 1. The quantitative estimate of drug-likeness (QED) is 0.831. The standard InChI is InChI=1S/C11H21N3O2S/c1-9(2)7-17(15,16)13-5-6-14-8-12-10(3)11(14)4/h8-9,13H,5-7H2,1-4H3. The van der Waals surface area contributed by atoms with Crippen LogP contribution in [0.25, 0.3) is 0 Å². The molecule has 0 aromatic carbocycles. The van der Waals surface area contributed by atoms with Crippen LogP contribution in [0.5, 0.6) is 0 Å². The van der Waals surface area contributed by atoms with Gasteiger partial charge in [-0.3, -0.25) is 0 Å². The number of hydrogen-bond acceptors (Lipinski definition) is 3. The van der Waals surface area contributed by atoms with Crippen molar-refractivity contribution in [3.63, 3.8) is 0 Å². The van der Waals surface area contributed by atoms with Crippen LogP contribution in [-0.2, 0) is 16.6 Å². The summed E-state index contributed by atoms with van der Waals surface area (Å²) in [7, 11) is -3.14. The molecule has 0 saturated carbocycles. The van der Waals surface area contributed by atoms with E-state index in [1.165, 1.54) is 0 Å². The highest BCUT2D eigenvalue weighted by molar-refractivity contribution is 7.89. The van der Waals surface area contributed by atoms with Crippen LogP contribution < -0.4 is 4.72 Å². The summed E-state index contributed by atoms with van der Waals surface area (Å²) < 4.78 is 27.7. The van der Waals surface area contributed by atoms with E-state index in [9.17, 15) is 8.42 Å². The zero-order valence-electron chi connectivity index (χ0n) is 10.9. The molecule has 0 aliphatic heterocycles. The summed E-state index contributed by atoms with van der Waals surface area (Å²) in [5.41, 5.74) is 2.06. The van der Waals surface area contributed by atoms with Gasteiger partial charge in [0, 0.05) is 18.8 Å². The lowest BCUT2D eigenvalue weighted by Gasteiger charge is -2.09. The number of aromatic nitrogens is 2. The molecule has 1 aromatic rings. The Morgan fingerprint density at radius 2 is 2.06 bits per heavy atom. The van der Waals surface area contributed by atoms with Crippen LogP contribution in [0.4, 0.5) is 0 Å². The molecular weight excluding hydrogens is 238 g/mol. The van der Waals surface area contributed by atoms with E-state index >= 15 is 0 Å². The van der Waals surface area contributed by atoms with Gasteiger partial charge in [-0.1, -0.05) is 13.8 Å². The van der Waals surface area contributed by atoms with Crippen molar-refractivity contribution in [2.24, 2.45) is 5.92 Å². The van der Waals surface area contributed by atoms with E-state index in [0.717, 1.165) is 11.4 Å². The second-order valence-corrected chi connectivity index (χ2v) is 6.53. The third-order valence-electron chi connectivity index (χ3n) is 2.57. The Bertz CT molecular complexity index is 463. The molecule has 0 spiro atoms. The molecule has 1 aromatic heterocycles. The topological polar surface area (TPSA) is 64.0 Å². The Kier molecular flexibility index (Phi) is 4.70. The molecule has 6 heteroatoms. The summed E-state index contributed by atoms with van der Waals surface area (Å²) in [4.78, 5) is 4.17. The lowest BCUT2D eigenvalue weighted by Crippen LogP contribution is -2.31. The van der Waals surface area contributed by atoms with Gasteiger partial charge in [0.2, 0.25) is 10.0 Å². The highest BCUT2D eigenvalue weighted by atomic mass is 32.2. The third-order valence-corrected chi connectivity index (χ3v) is 4.32. The monoisotopic (exact) mass is 259 g/mol. The summed E-state index contributed by atoms with van der Waals surface area (Å²) in [6.07, 6.45) is 1.74. The zero-order chi connectivity index (χ0) is 13.1. The van der Waals surface area contributed by atoms with E-state index in [1.54, 1.807) is 6.33 Å². The second kappa shape index (κ2) is 5.64. The van der Waals surface area contributed by atoms with Crippen molar-refractivity contribution in [2.45, 2.75) is 34.2 Å². The van der Waals surface area contributed by atoms with Crippen molar-refractivity contribution >= 4 is 10.0 Å². The van der Waals surface area contributed by atoms with E-state index in [0.29, 0.717) is 13.1 Å². The van der Waals surface area contributed by atoms with Gasteiger partial charge in [0.15, 0.2) is 0 Å². The fourth-order valence-electron chi connectivity index (χ4n) is 1.59. The smallest absolute Gasteiger partial charge is 0.211 e. The maximum absolute atomic E-state index is 11.6. The second-order valence-electron chi connectivity index (χ2n) is 4.68. The summed E-state index contributed by atoms with van der Waals surface area (Å²) in [5, 5.41) is 0. The van der Waals surface area contributed by atoms with E-state index in [-0.39, 0.29) is 11.7 Å². The lowest BCUT2D eigenvalue weighted by molar-refractivity contribution is 0.559. The lowest BCUT2D eigenvalue weighted by atomic mass is 10.3. The van der Waals surface area contributed by atoms with E-state index < -0.39 is 10.0 Å². The summed E-state index contributed by atoms with van der Waals surface area (Å²) in [5.74, 6) is 0.319. The highest BCUT2D eigenvalue weighted by Crippen LogP contribution is 2.03. The van der Waals surface area contributed by atoms with E-state index in [1.807, 2.05) is 32.3 Å². The zero-order valence-corrected chi connectivity index (χ0v) is 11.7. The van der Waals surface area contributed by atoms with Crippen LogP contribution >= 0.6 is 0 Å². The predicted octanol–water partition coefficient (Wildman–Crippen LogP) is 1.08. The van der Waals surface area contributed by atoms with Gasteiger partial charge in [-0.25, -0.2) is 18.1 Å². The SMILES string of the molecule is Cc1ncn(CCNS(=O)(=O)CC(C)C)c1C. The molecule has 0 aliphatic carbocycles. The Hall–Kier alpha value is -0.880. The number of nitrogens with one attached hydrogen (secondary N) is 1. The van der Waals surface area contributed by atoms with Crippen molar-refractivity contribution in [1.29, 1.82) is 0 Å². The molecule has 5 nitrogen and oxygen atoms in total. The molecule has 98 valence electrons. The number of aryl methyl sites for hydroxylation is 1. The van der Waals surface area contributed by atoms with Crippen LogP contribution in [0.3, 0.4) is 0 Å². The first-order valence-corrected chi connectivity index (χ1v) is 7.42. The molecule has 0 bridgehead atoms. The van der Waals surface area contributed by atoms with Gasteiger partial charge >= 0.3 is 0 Å². The Morgan fingerprint density at radius 1 is 1.41 bits per heavy atom. The van der Waals surface area contributed by atoms with Crippen molar-refractivity contribution in [3.05, 3.63) is 17.7 Å². The molecular formula is C11H21N3O2S. The van der Waals surface area contributed by atoms with E-state index in [4.69, 9.17) is 0 Å². The van der Waals surface area contributed by atoms with Crippen LogP contribution in [0.2, 0.25) is 0 Å². The van der Waals surface area contributed by atoms with Gasteiger partial charge < -0.3 is 4.57 Å². The molecule has 0 saturated heterocycles. The minimum absolute atomic E-state index is 0.143. The Labute approximate surface area is 103 Å². The summed E-state index contributed by atoms with van der Waals surface area (Å²) >= 11 is 0. The average molecular weight is 259 g/mol. The first-order chi connectivity index (χ1) is 7.82.